The van der Waals surface area contributed by atoms with Crippen LogP contribution >= 0.6 is 0 Å². The van der Waals surface area contributed by atoms with Crippen molar-refractivity contribution in [3.63, 3.8) is 0 Å². The minimum Gasteiger partial charge on any atom is -0.491 e. The van der Waals surface area contributed by atoms with E-state index in [1.807, 2.05) is 6.07 Å². The number of rotatable bonds is 5. The second-order valence-electron chi connectivity index (χ2n) is 7.88. The molecule has 0 amide bonds. The second-order valence-corrected chi connectivity index (χ2v) is 7.88. The molecular formula is C21H26N2O4. The Hall–Kier alpha value is -2.47. The van der Waals surface area contributed by atoms with E-state index in [1.165, 1.54) is 19.1 Å². The normalized spacial score (nSPS) is 22.0. The van der Waals surface area contributed by atoms with Gasteiger partial charge in [-0.1, -0.05) is 13.0 Å². The van der Waals surface area contributed by atoms with Crippen LogP contribution in [0, 0.1) is 5.41 Å². The van der Waals surface area contributed by atoms with Gasteiger partial charge in [0.1, 0.15) is 0 Å². The number of methoxy groups -OCH3 is 1. The van der Waals surface area contributed by atoms with Crippen molar-refractivity contribution in [3.05, 3.63) is 51.9 Å². The maximum atomic E-state index is 12.0. The average molecular weight is 370 g/mol. The molecule has 2 aliphatic heterocycles. The average Bonchev–Trinajstić information content (AvgIpc) is 3.09. The number of nitrogens with zero attached hydrogens (tertiary/aromatic N) is 1. The molecule has 1 N–H and O–H groups in total. The third kappa shape index (κ3) is 3.95. The van der Waals surface area contributed by atoms with Gasteiger partial charge in [-0.15, -0.1) is 0 Å². The zero-order valence-corrected chi connectivity index (χ0v) is 15.9. The van der Waals surface area contributed by atoms with Gasteiger partial charge in [-0.2, -0.15) is 0 Å². The third-order valence-electron chi connectivity index (χ3n) is 5.48. The van der Waals surface area contributed by atoms with Gasteiger partial charge in [0.2, 0.25) is 12.2 Å². The summed E-state index contributed by atoms with van der Waals surface area (Å²) in [6.45, 7) is 5.45. The SMILES string of the molecule is COc1c[nH]c(CN2CCC[C@@](C)(Cc3ccc4c(c3)OCO4)C2)cc1=O. The van der Waals surface area contributed by atoms with Crippen LogP contribution in [0.2, 0.25) is 0 Å². The second kappa shape index (κ2) is 7.27. The molecule has 0 spiro atoms. The van der Waals surface area contributed by atoms with Crippen molar-refractivity contribution in [2.75, 3.05) is 27.0 Å². The van der Waals surface area contributed by atoms with Gasteiger partial charge in [0.15, 0.2) is 17.2 Å². The van der Waals surface area contributed by atoms with Gasteiger partial charge >= 0.3 is 0 Å². The Balaban J connectivity index is 1.43. The minimum absolute atomic E-state index is 0.0774. The number of likely N-dealkylation sites (tertiary alicyclic amines) is 1. The zero-order valence-electron chi connectivity index (χ0n) is 15.9. The molecule has 1 aromatic carbocycles. The predicted molar refractivity (Wildman–Crippen MR) is 103 cm³/mol. The molecule has 1 atom stereocenters. The maximum Gasteiger partial charge on any atom is 0.231 e. The summed E-state index contributed by atoms with van der Waals surface area (Å²) in [7, 11) is 1.51. The van der Waals surface area contributed by atoms with E-state index in [0.29, 0.717) is 12.5 Å². The van der Waals surface area contributed by atoms with Crippen molar-refractivity contribution >= 4 is 0 Å². The summed E-state index contributed by atoms with van der Waals surface area (Å²) in [4.78, 5) is 17.6. The molecule has 0 bridgehead atoms. The van der Waals surface area contributed by atoms with Crippen LogP contribution in [0.25, 0.3) is 0 Å². The Bertz CT molecular complexity index is 879. The van der Waals surface area contributed by atoms with Crippen molar-refractivity contribution in [1.29, 1.82) is 0 Å². The van der Waals surface area contributed by atoms with Crippen molar-refractivity contribution in [1.82, 2.24) is 9.88 Å². The summed E-state index contributed by atoms with van der Waals surface area (Å²) in [5, 5.41) is 0. The van der Waals surface area contributed by atoms with Gasteiger partial charge in [-0.25, -0.2) is 0 Å². The molecule has 0 radical (unpaired) electrons. The largest absolute Gasteiger partial charge is 0.491 e. The van der Waals surface area contributed by atoms with E-state index in [9.17, 15) is 4.79 Å². The number of aromatic nitrogens is 1. The van der Waals surface area contributed by atoms with Crippen LogP contribution in [0.1, 0.15) is 31.0 Å². The lowest BCUT2D eigenvalue weighted by Gasteiger charge is -2.40. The highest BCUT2D eigenvalue weighted by molar-refractivity contribution is 5.44. The van der Waals surface area contributed by atoms with Crippen LogP contribution in [0.4, 0.5) is 0 Å². The fourth-order valence-corrected chi connectivity index (χ4v) is 4.24. The highest BCUT2D eigenvalue weighted by Crippen LogP contribution is 2.37. The van der Waals surface area contributed by atoms with Crippen LogP contribution in [0.3, 0.4) is 0 Å². The number of piperidine rings is 1. The van der Waals surface area contributed by atoms with Crippen LogP contribution in [0.15, 0.2) is 35.3 Å². The Morgan fingerprint density at radius 2 is 2.11 bits per heavy atom. The topological polar surface area (TPSA) is 63.8 Å². The molecule has 2 aliphatic rings. The summed E-state index contributed by atoms with van der Waals surface area (Å²) < 4.78 is 16.0. The van der Waals surface area contributed by atoms with Gasteiger partial charge < -0.3 is 19.2 Å². The first-order chi connectivity index (χ1) is 13.0. The van der Waals surface area contributed by atoms with Crippen LogP contribution in [0.5, 0.6) is 17.2 Å². The van der Waals surface area contributed by atoms with E-state index in [4.69, 9.17) is 14.2 Å². The highest BCUT2D eigenvalue weighted by Gasteiger charge is 2.31. The number of ether oxygens (including phenoxy) is 3. The molecule has 0 unspecified atom stereocenters. The highest BCUT2D eigenvalue weighted by atomic mass is 16.7. The molecule has 144 valence electrons. The first-order valence-electron chi connectivity index (χ1n) is 9.41. The summed E-state index contributed by atoms with van der Waals surface area (Å²) in [5.74, 6) is 2.03. The van der Waals surface area contributed by atoms with Gasteiger partial charge in [0.05, 0.1) is 7.11 Å². The summed E-state index contributed by atoms with van der Waals surface area (Å²) in [6.07, 6.45) is 4.99. The number of aromatic amines is 1. The number of pyridine rings is 1. The Labute approximate surface area is 159 Å². The number of hydrogen-bond donors (Lipinski definition) is 1. The number of benzene rings is 1. The molecule has 6 nitrogen and oxygen atoms in total. The molecule has 1 fully saturated rings. The lowest BCUT2D eigenvalue weighted by molar-refractivity contribution is 0.0959. The lowest BCUT2D eigenvalue weighted by atomic mass is 9.77. The van der Waals surface area contributed by atoms with E-state index in [2.05, 4.69) is 28.9 Å². The van der Waals surface area contributed by atoms with E-state index in [0.717, 1.165) is 49.7 Å². The van der Waals surface area contributed by atoms with Gasteiger partial charge in [-0.3, -0.25) is 9.69 Å². The predicted octanol–water partition coefficient (Wildman–Crippen LogP) is 2.96. The lowest BCUT2D eigenvalue weighted by Crippen LogP contribution is -2.42. The number of H-pyrrole nitrogens is 1. The first kappa shape index (κ1) is 17.9. The van der Waals surface area contributed by atoms with Crippen molar-refractivity contribution in [2.24, 2.45) is 5.41 Å². The Morgan fingerprint density at radius 1 is 1.26 bits per heavy atom. The maximum absolute atomic E-state index is 12.0. The quantitative estimate of drug-likeness (QED) is 0.877. The van der Waals surface area contributed by atoms with Crippen LogP contribution in [-0.4, -0.2) is 36.9 Å². The van der Waals surface area contributed by atoms with Crippen LogP contribution < -0.4 is 19.6 Å². The Morgan fingerprint density at radius 3 is 2.93 bits per heavy atom. The molecule has 0 saturated carbocycles. The third-order valence-corrected chi connectivity index (χ3v) is 5.48. The fraction of sp³-hybridized carbons (Fsp3) is 0.476. The molecule has 2 aromatic rings. The fourth-order valence-electron chi connectivity index (χ4n) is 4.24. The van der Waals surface area contributed by atoms with Gasteiger partial charge in [-0.05, 0) is 48.9 Å². The summed E-state index contributed by atoms with van der Waals surface area (Å²) in [6, 6.07) is 7.89. The monoisotopic (exact) mass is 370 g/mol. The first-order valence-corrected chi connectivity index (χ1v) is 9.41. The minimum atomic E-state index is -0.0774. The standard InChI is InChI=1S/C21H26N2O4/c1-21(10-15-4-5-18-19(8-15)27-14-26-18)6-3-7-23(13-21)12-16-9-17(24)20(25-2)11-22-16/h4-5,8-9,11H,3,6-7,10,12-14H2,1-2H3,(H,22,24)/t21-/m0/s1. The molecule has 0 aliphatic carbocycles. The van der Waals surface area contributed by atoms with Gasteiger partial charge in [0.25, 0.3) is 0 Å². The van der Waals surface area contributed by atoms with Crippen molar-refractivity contribution < 1.29 is 14.2 Å². The zero-order chi connectivity index (χ0) is 18.9. The van der Waals surface area contributed by atoms with Crippen molar-refractivity contribution in [3.8, 4) is 17.2 Å². The molecular weight excluding hydrogens is 344 g/mol. The summed E-state index contributed by atoms with van der Waals surface area (Å²) >= 11 is 0. The molecule has 6 heteroatoms. The number of hydrogen-bond acceptors (Lipinski definition) is 5. The smallest absolute Gasteiger partial charge is 0.231 e. The molecule has 1 saturated heterocycles. The molecule has 1 aromatic heterocycles. The Kier molecular flexibility index (Phi) is 4.83. The van der Waals surface area contributed by atoms with Crippen LogP contribution in [-0.2, 0) is 13.0 Å². The summed E-state index contributed by atoms with van der Waals surface area (Å²) in [5.41, 5.74) is 2.32. The van der Waals surface area contributed by atoms with E-state index in [1.54, 1.807) is 12.3 Å². The van der Waals surface area contributed by atoms with Crippen molar-refractivity contribution in [2.45, 2.75) is 32.7 Å². The van der Waals surface area contributed by atoms with E-state index >= 15 is 0 Å². The molecule has 27 heavy (non-hydrogen) atoms. The van der Waals surface area contributed by atoms with E-state index in [-0.39, 0.29) is 10.8 Å². The molecule has 3 heterocycles. The van der Waals surface area contributed by atoms with Gasteiger partial charge in [0, 0.05) is 31.0 Å². The van der Waals surface area contributed by atoms with E-state index < -0.39 is 0 Å². The molecule has 4 rings (SSSR count). The number of fused-ring (bicyclic) bond motifs is 1. The number of nitrogens with one attached hydrogen (secondary N) is 1.